The van der Waals surface area contributed by atoms with E-state index < -0.39 is 79.5 Å². The molecule has 2 nitrogen and oxygen atoms in total. The number of carbonyl (C=O) groups excluding carboxylic acids is 1. The summed E-state index contributed by atoms with van der Waals surface area (Å²) in [5.41, 5.74) is 0. The zero-order valence-electron chi connectivity index (χ0n) is 15.3. The van der Waals surface area contributed by atoms with Crippen molar-refractivity contribution >= 4 is 6.29 Å². The van der Waals surface area contributed by atoms with Crippen LogP contribution in [0.4, 0.5) is 70.2 Å². The van der Waals surface area contributed by atoms with Crippen LogP contribution in [0.15, 0.2) is 0 Å². The lowest BCUT2D eigenvalue weighted by molar-refractivity contribution is -0.453. The van der Waals surface area contributed by atoms with Crippen LogP contribution in [0.5, 0.6) is 0 Å². The molecule has 18 heteroatoms. The van der Waals surface area contributed by atoms with E-state index in [9.17, 15) is 75.0 Å². The van der Waals surface area contributed by atoms with Crippen molar-refractivity contribution in [3.63, 3.8) is 0 Å². The van der Waals surface area contributed by atoms with Crippen LogP contribution in [0.1, 0.15) is 19.3 Å². The molecule has 0 aromatic rings. The van der Waals surface area contributed by atoms with Crippen molar-refractivity contribution in [3.8, 4) is 0 Å². The van der Waals surface area contributed by atoms with E-state index in [0.29, 0.717) is 7.11 Å². The number of alkyl halides is 16. The second kappa shape index (κ2) is 8.70. The summed E-state index contributed by atoms with van der Waals surface area (Å²) in [4.78, 5) is 9.90. The Balaban J connectivity index is 6.61. The van der Waals surface area contributed by atoms with E-state index in [0.717, 1.165) is 0 Å². The highest BCUT2D eigenvalue weighted by Gasteiger charge is 2.94. The summed E-state index contributed by atoms with van der Waals surface area (Å²) in [6.07, 6.45) is -7.58. The summed E-state index contributed by atoms with van der Waals surface area (Å²) >= 11 is 0. The Morgan fingerprint density at radius 1 is 0.531 bits per heavy atom. The molecule has 0 aliphatic carbocycles. The van der Waals surface area contributed by atoms with E-state index >= 15 is 0 Å². The molecule has 0 rings (SSSR count). The lowest BCUT2D eigenvalue weighted by atomic mass is 9.86. The van der Waals surface area contributed by atoms with Gasteiger partial charge in [-0.1, -0.05) is 0 Å². The fourth-order valence-corrected chi connectivity index (χ4v) is 2.03. The molecule has 0 aromatic carbocycles. The van der Waals surface area contributed by atoms with Gasteiger partial charge in [0.15, 0.2) is 0 Å². The van der Waals surface area contributed by atoms with Gasteiger partial charge in [0.05, 0.1) is 6.61 Å². The van der Waals surface area contributed by atoms with Gasteiger partial charge in [-0.15, -0.1) is 0 Å². The van der Waals surface area contributed by atoms with Gasteiger partial charge in [0.1, 0.15) is 6.29 Å². The van der Waals surface area contributed by atoms with Gasteiger partial charge < -0.3 is 9.53 Å². The number of carbonyl (C=O) groups is 1. The van der Waals surface area contributed by atoms with E-state index in [1.165, 1.54) is 0 Å². The van der Waals surface area contributed by atoms with Gasteiger partial charge in [0, 0.05) is 26.4 Å². The molecule has 32 heavy (non-hydrogen) atoms. The van der Waals surface area contributed by atoms with Crippen LogP contribution in [0.3, 0.4) is 0 Å². The fraction of sp³-hybridized carbons (Fsp3) is 0.929. The van der Waals surface area contributed by atoms with Gasteiger partial charge in [-0.05, 0) is 0 Å². The number of rotatable bonds is 13. The Morgan fingerprint density at radius 3 is 1.09 bits per heavy atom. The molecule has 0 saturated heterocycles. The molecule has 0 aliphatic rings. The van der Waals surface area contributed by atoms with Crippen LogP contribution < -0.4 is 0 Å². The van der Waals surface area contributed by atoms with Crippen molar-refractivity contribution in [2.45, 2.75) is 66.6 Å². The molecule has 0 bridgehead atoms. The second-order valence-corrected chi connectivity index (χ2v) is 6.30. The molecule has 192 valence electrons. The Morgan fingerprint density at radius 2 is 0.812 bits per heavy atom. The first-order valence-corrected chi connectivity index (χ1v) is 7.82. The van der Waals surface area contributed by atoms with Crippen molar-refractivity contribution in [2.75, 3.05) is 13.7 Å². The topological polar surface area (TPSA) is 26.3 Å². The monoisotopic (exact) mass is 516 g/mol. The molecule has 0 amide bonds. The van der Waals surface area contributed by atoms with Crippen LogP contribution in [0.2, 0.25) is 0 Å². The first kappa shape index (κ1) is 30.5. The van der Waals surface area contributed by atoms with Crippen LogP contribution in [0, 0.1) is 0 Å². The first-order valence-electron chi connectivity index (χ1n) is 7.82. The normalized spacial score (nSPS) is 15.8. The number of aldehydes is 1. The number of ether oxygens (including phenoxy) is 1. The van der Waals surface area contributed by atoms with E-state index in [1.54, 1.807) is 0 Å². The smallest absolute Gasteiger partial charge is 0.384 e. The third kappa shape index (κ3) is 4.22. The Bertz CT molecular complexity index is 657. The lowest BCUT2D eigenvalue weighted by Gasteiger charge is -2.43. The fourth-order valence-electron chi connectivity index (χ4n) is 2.03. The quantitative estimate of drug-likeness (QED) is 0.219. The number of halogens is 16. The highest BCUT2D eigenvalue weighted by molar-refractivity contribution is 5.49. The average Bonchev–Trinajstić information content (AvgIpc) is 2.63. The summed E-state index contributed by atoms with van der Waals surface area (Å²) in [5.74, 6) is -61.3. The van der Waals surface area contributed by atoms with E-state index in [-0.39, 0.29) is 0 Å². The molecule has 0 radical (unpaired) electrons. The maximum atomic E-state index is 13.5. The molecule has 0 aliphatic heterocycles. The Hall–Kier alpha value is -1.49. The van der Waals surface area contributed by atoms with Crippen LogP contribution in [-0.4, -0.2) is 67.4 Å². The maximum Gasteiger partial charge on any atom is 0.384 e. The number of hydrogen-bond donors (Lipinski definition) is 0. The number of methoxy groups -OCH3 is 1. The van der Waals surface area contributed by atoms with Gasteiger partial charge >= 0.3 is 47.4 Å². The standard InChI is InChI=1S/C14H12F16O2/c1-32-6-4-8(17,18)10(21,22)12(25,26)14(29,30)13(27,28)11(23,24)9(19,20)7(15,16)3-2-5-31/h5H,2-4,6H2,1H3. The van der Waals surface area contributed by atoms with E-state index in [1.807, 2.05) is 0 Å². The van der Waals surface area contributed by atoms with Crippen LogP contribution >= 0.6 is 0 Å². The summed E-state index contributed by atoms with van der Waals surface area (Å²) in [6, 6.07) is 0. The third-order valence-corrected chi connectivity index (χ3v) is 4.09. The summed E-state index contributed by atoms with van der Waals surface area (Å²) in [7, 11) is 0.516. The molecule has 0 N–H and O–H groups in total. The Labute approximate surface area is 167 Å². The predicted octanol–water partition coefficient (Wildman–Crippen LogP) is 6.08. The van der Waals surface area contributed by atoms with Gasteiger partial charge in [-0.25, -0.2) is 0 Å². The molecule has 0 atom stereocenters. The van der Waals surface area contributed by atoms with Crippen molar-refractivity contribution in [1.29, 1.82) is 0 Å². The highest BCUT2D eigenvalue weighted by atomic mass is 19.4. The molecule has 0 aromatic heterocycles. The number of hydrogen-bond acceptors (Lipinski definition) is 2. The summed E-state index contributed by atoms with van der Waals surface area (Å²) in [5, 5.41) is 0. The van der Waals surface area contributed by atoms with Gasteiger partial charge in [-0.2, -0.15) is 70.2 Å². The van der Waals surface area contributed by atoms with E-state index in [4.69, 9.17) is 0 Å². The third-order valence-electron chi connectivity index (χ3n) is 4.09. The van der Waals surface area contributed by atoms with E-state index in [2.05, 4.69) is 4.74 Å². The maximum absolute atomic E-state index is 13.5. The van der Waals surface area contributed by atoms with Gasteiger partial charge in [-0.3, -0.25) is 0 Å². The summed E-state index contributed by atoms with van der Waals surface area (Å²) in [6.45, 7) is -1.57. The van der Waals surface area contributed by atoms with Gasteiger partial charge in [0.2, 0.25) is 0 Å². The van der Waals surface area contributed by atoms with Crippen molar-refractivity contribution in [3.05, 3.63) is 0 Å². The largest absolute Gasteiger partial charge is 0.384 e. The van der Waals surface area contributed by atoms with Crippen molar-refractivity contribution in [2.24, 2.45) is 0 Å². The minimum absolute atomic E-state index is 0.516. The Kier molecular flexibility index (Phi) is 8.29. The minimum atomic E-state index is -8.45. The lowest BCUT2D eigenvalue weighted by Crippen LogP contribution is -2.74. The van der Waals surface area contributed by atoms with Crippen molar-refractivity contribution < 1.29 is 79.8 Å². The SMILES string of the molecule is COCCC(F)(F)C(F)(F)C(F)(F)C(F)(F)C(F)(F)C(F)(F)C(F)(F)C(F)(F)CCC=O. The van der Waals surface area contributed by atoms with Crippen LogP contribution in [-0.2, 0) is 9.53 Å². The minimum Gasteiger partial charge on any atom is -0.384 e. The second-order valence-electron chi connectivity index (χ2n) is 6.30. The molecule has 0 saturated carbocycles. The zero-order chi connectivity index (χ0) is 26.2. The summed E-state index contributed by atoms with van der Waals surface area (Å²) < 4.78 is 219. The predicted molar refractivity (Wildman–Crippen MR) is 71.4 cm³/mol. The van der Waals surface area contributed by atoms with Crippen molar-refractivity contribution in [1.82, 2.24) is 0 Å². The molecule has 0 heterocycles. The van der Waals surface area contributed by atoms with Crippen LogP contribution in [0.25, 0.3) is 0 Å². The highest BCUT2D eigenvalue weighted by Crippen LogP contribution is 2.64. The zero-order valence-corrected chi connectivity index (χ0v) is 15.3. The molecule has 0 fully saturated rings. The first-order chi connectivity index (χ1) is 13.9. The molecular weight excluding hydrogens is 504 g/mol. The molecule has 0 unspecified atom stereocenters. The molecule has 0 spiro atoms. The average molecular weight is 516 g/mol. The molecular formula is C14H12F16O2. The van der Waals surface area contributed by atoms with Gasteiger partial charge in [0.25, 0.3) is 0 Å².